The van der Waals surface area contributed by atoms with Crippen LogP contribution in [0.3, 0.4) is 0 Å². The van der Waals surface area contributed by atoms with Gasteiger partial charge < -0.3 is 4.74 Å². The Morgan fingerprint density at radius 1 is 0.968 bits per heavy atom. The van der Waals surface area contributed by atoms with Crippen molar-refractivity contribution in [1.29, 1.82) is 0 Å². The number of thioether (sulfide) groups is 1. The number of hydrogen-bond donors (Lipinski definition) is 0. The van der Waals surface area contributed by atoms with Gasteiger partial charge in [-0.3, -0.25) is 9.69 Å². The first kappa shape index (κ1) is 22.2. The number of carbonyl (C=O) groups is 1. The molecule has 0 radical (unpaired) electrons. The van der Waals surface area contributed by atoms with Crippen LogP contribution in [-0.2, 0) is 11.4 Å². The van der Waals surface area contributed by atoms with Gasteiger partial charge >= 0.3 is 0 Å². The molecule has 0 saturated carbocycles. The maximum Gasteiger partial charge on any atom is 0.270 e. The van der Waals surface area contributed by atoms with E-state index in [-0.39, 0.29) is 5.91 Å². The Kier molecular flexibility index (Phi) is 6.89. The SMILES string of the molecule is O=C1/C(=C/c2ccccc2OCc2ccccc2Cl)SC(=S)N1c1ccc(Cl)cc1Cl. The number of benzene rings is 3. The summed E-state index contributed by atoms with van der Waals surface area (Å²) >= 11 is 25.1. The van der Waals surface area contributed by atoms with Gasteiger partial charge in [-0.1, -0.05) is 95.2 Å². The molecule has 1 amide bonds. The summed E-state index contributed by atoms with van der Waals surface area (Å²) in [5.41, 5.74) is 2.14. The van der Waals surface area contributed by atoms with E-state index in [0.717, 1.165) is 11.1 Å². The van der Waals surface area contributed by atoms with Gasteiger partial charge in [0, 0.05) is 21.2 Å². The first-order valence-electron chi connectivity index (χ1n) is 9.12. The van der Waals surface area contributed by atoms with Gasteiger partial charge in [0.15, 0.2) is 4.32 Å². The minimum atomic E-state index is -0.250. The molecule has 0 unspecified atom stereocenters. The van der Waals surface area contributed by atoms with E-state index >= 15 is 0 Å². The first-order chi connectivity index (χ1) is 14.9. The number of carbonyl (C=O) groups excluding carboxylic acids is 1. The summed E-state index contributed by atoms with van der Waals surface area (Å²) in [4.78, 5) is 15.0. The van der Waals surface area contributed by atoms with Gasteiger partial charge in [-0.15, -0.1) is 0 Å². The van der Waals surface area contributed by atoms with Crippen LogP contribution in [0.5, 0.6) is 5.75 Å². The lowest BCUT2D eigenvalue weighted by Crippen LogP contribution is -2.27. The Labute approximate surface area is 204 Å². The normalized spacial score (nSPS) is 15.1. The van der Waals surface area contributed by atoms with E-state index in [0.29, 0.717) is 42.3 Å². The van der Waals surface area contributed by atoms with Gasteiger partial charge in [-0.2, -0.15) is 0 Å². The van der Waals surface area contributed by atoms with Crippen molar-refractivity contribution in [3.63, 3.8) is 0 Å². The fourth-order valence-corrected chi connectivity index (χ4v) is 4.94. The van der Waals surface area contributed by atoms with Gasteiger partial charge in [0.2, 0.25) is 0 Å². The number of rotatable bonds is 5. The van der Waals surface area contributed by atoms with E-state index in [1.165, 1.54) is 16.7 Å². The third-order valence-corrected chi connectivity index (χ3v) is 6.70. The van der Waals surface area contributed by atoms with Crippen LogP contribution >= 0.6 is 58.8 Å². The molecule has 0 N–H and O–H groups in total. The summed E-state index contributed by atoms with van der Waals surface area (Å²) in [6.07, 6.45) is 1.77. The van der Waals surface area contributed by atoms with E-state index in [1.807, 2.05) is 48.5 Å². The quantitative estimate of drug-likeness (QED) is 0.263. The van der Waals surface area contributed by atoms with Crippen LogP contribution < -0.4 is 9.64 Å². The average molecular weight is 507 g/mol. The van der Waals surface area contributed by atoms with E-state index < -0.39 is 0 Å². The maximum absolute atomic E-state index is 13.1. The summed E-state index contributed by atoms with van der Waals surface area (Å²) in [7, 11) is 0. The minimum Gasteiger partial charge on any atom is -0.488 e. The number of ether oxygens (including phenoxy) is 1. The van der Waals surface area contributed by atoms with Crippen molar-refractivity contribution in [1.82, 2.24) is 0 Å². The molecule has 3 aromatic rings. The number of para-hydroxylation sites is 1. The number of nitrogens with zero attached hydrogens (tertiary/aromatic N) is 1. The van der Waals surface area contributed by atoms with E-state index in [1.54, 1.807) is 24.3 Å². The maximum atomic E-state index is 13.1. The van der Waals surface area contributed by atoms with E-state index in [4.69, 9.17) is 51.8 Å². The number of hydrogen-bond acceptors (Lipinski definition) is 4. The van der Waals surface area contributed by atoms with Gasteiger partial charge in [-0.25, -0.2) is 0 Å². The molecule has 0 aromatic heterocycles. The van der Waals surface area contributed by atoms with Gasteiger partial charge in [-0.05, 0) is 36.4 Å². The highest BCUT2D eigenvalue weighted by molar-refractivity contribution is 8.27. The highest BCUT2D eigenvalue weighted by Gasteiger charge is 2.34. The third-order valence-electron chi connectivity index (χ3n) is 4.49. The summed E-state index contributed by atoms with van der Waals surface area (Å²) in [6.45, 7) is 0.311. The molecule has 1 aliphatic heterocycles. The van der Waals surface area contributed by atoms with Crippen LogP contribution in [0.4, 0.5) is 5.69 Å². The highest BCUT2D eigenvalue weighted by Crippen LogP contribution is 2.40. The number of amides is 1. The molecular formula is C23H14Cl3NO2S2. The van der Waals surface area contributed by atoms with Crippen molar-refractivity contribution in [2.45, 2.75) is 6.61 Å². The molecule has 3 nitrogen and oxygen atoms in total. The summed E-state index contributed by atoms with van der Waals surface area (Å²) in [5, 5.41) is 1.48. The zero-order valence-corrected chi connectivity index (χ0v) is 19.8. The van der Waals surface area contributed by atoms with Crippen LogP contribution in [0.25, 0.3) is 6.08 Å². The molecule has 8 heteroatoms. The first-order valence-corrected chi connectivity index (χ1v) is 11.5. The van der Waals surface area contributed by atoms with E-state index in [2.05, 4.69) is 0 Å². The monoisotopic (exact) mass is 505 g/mol. The lowest BCUT2D eigenvalue weighted by Gasteiger charge is -2.16. The fraction of sp³-hybridized carbons (Fsp3) is 0.0435. The van der Waals surface area contributed by atoms with Crippen LogP contribution in [0, 0.1) is 0 Å². The molecule has 3 aromatic carbocycles. The van der Waals surface area contributed by atoms with Crippen molar-refractivity contribution < 1.29 is 9.53 Å². The van der Waals surface area contributed by atoms with Crippen LogP contribution in [0.15, 0.2) is 71.6 Å². The fourth-order valence-electron chi connectivity index (χ4n) is 2.98. The number of halogens is 3. The Morgan fingerprint density at radius 3 is 2.48 bits per heavy atom. The average Bonchev–Trinajstić information content (AvgIpc) is 3.02. The summed E-state index contributed by atoms with van der Waals surface area (Å²) in [5.74, 6) is 0.386. The molecule has 1 fully saturated rings. The van der Waals surface area contributed by atoms with Crippen molar-refractivity contribution >= 4 is 80.8 Å². The number of thiocarbonyl (C=S) groups is 1. The van der Waals surface area contributed by atoms with Gasteiger partial charge in [0.05, 0.1) is 15.6 Å². The van der Waals surface area contributed by atoms with Crippen molar-refractivity contribution in [3.05, 3.63) is 97.8 Å². The van der Waals surface area contributed by atoms with Crippen LogP contribution in [-0.4, -0.2) is 10.2 Å². The Bertz CT molecular complexity index is 1210. The zero-order chi connectivity index (χ0) is 22.0. The second-order valence-corrected chi connectivity index (χ2v) is 9.46. The van der Waals surface area contributed by atoms with E-state index in [9.17, 15) is 4.79 Å². The largest absolute Gasteiger partial charge is 0.488 e. The molecular weight excluding hydrogens is 493 g/mol. The molecule has 1 saturated heterocycles. The third kappa shape index (κ3) is 4.92. The topological polar surface area (TPSA) is 29.5 Å². The van der Waals surface area contributed by atoms with Crippen molar-refractivity contribution in [3.8, 4) is 5.75 Å². The molecule has 156 valence electrons. The van der Waals surface area contributed by atoms with Crippen molar-refractivity contribution in [2.75, 3.05) is 4.90 Å². The number of anilines is 1. The lowest BCUT2D eigenvalue weighted by molar-refractivity contribution is -0.113. The summed E-state index contributed by atoms with van der Waals surface area (Å²) < 4.78 is 6.39. The molecule has 4 rings (SSSR count). The standard InChI is InChI=1S/C23H14Cl3NO2S2/c24-16-9-10-19(18(26)12-16)27-22(28)21(31-23(27)30)11-14-5-2-4-8-20(14)29-13-15-6-1-3-7-17(15)25/h1-12H,13H2/b21-11-. The van der Waals surface area contributed by atoms with Gasteiger partial charge in [0.25, 0.3) is 5.91 Å². The molecule has 0 bridgehead atoms. The Hall–Kier alpha value is -2.02. The minimum absolute atomic E-state index is 0.250. The highest BCUT2D eigenvalue weighted by atomic mass is 35.5. The predicted molar refractivity (Wildman–Crippen MR) is 134 cm³/mol. The summed E-state index contributed by atoms with van der Waals surface area (Å²) in [6, 6.07) is 19.9. The second kappa shape index (κ2) is 9.63. The zero-order valence-electron chi connectivity index (χ0n) is 15.8. The molecule has 31 heavy (non-hydrogen) atoms. The Morgan fingerprint density at radius 2 is 1.71 bits per heavy atom. The van der Waals surface area contributed by atoms with Crippen LogP contribution in [0.2, 0.25) is 15.1 Å². The van der Waals surface area contributed by atoms with Gasteiger partial charge in [0.1, 0.15) is 12.4 Å². The smallest absolute Gasteiger partial charge is 0.270 e. The van der Waals surface area contributed by atoms with Crippen LogP contribution in [0.1, 0.15) is 11.1 Å². The lowest BCUT2D eigenvalue weighted by atomic mass is 10.1. The Balaban J connectivity index is 1.60. The molecule has 1 heterocycles. The van der Waals surface area contributed by atoms with Crippen molar-refractivity contribution in [2.24, 2.45) is 0 Å². The second-order valence-electron chi connectivity index (χ2n) is 6.53. The molecule has 1 aliphatic rings. The predicted octanol–water partition coefficient (Wildman–Crippen LogP) is 7.63. The molecule has 0 aliphatic carbocycles. The molecule has 0 spiro atoms. The molecule has 0 atom stereocenters.